The first-order chi connectivity index (χ1) is 9.56. The molecule has 0 radical (unpaired) electrons. The molecule has 0 bridgehead atoms. The molecule has 4 nitrogen and oxygen atoms in total. The predicted octanol–water partition coefficient (Wildman–Crippen LogP) is 2.13. The Morgan fingerprint density at radius 2 is 2.10 bits per heavy atom. The molecule has 3 N–H and O–H groups in total. The fraction of sp³-hybridized carbons (Fsp3) is 0.467. The molecule has 0 aromatic heterocycles. The molecule has 0 spiro atoms. The maximum absolute atomic E-state index is 12.0. The van der Waals surface area contributed by atoms with Gasteiger partial charge in [0.25, 0.3) is 0 Å². The summed E-state index contributed by atoms with van der Waals surface area (Å²) in [5.74, 6) is 0.0295. The zero-order valence-corrected chi connectivity index (χ0v) is 12.6. The molecular formula is C15H21N3OS. The van der Waals surface area contributed by atoms with E-state index in [-0.39, 0.29) is 5.91 Å². The number of nitrogens with two attached hydrogens (primary N) is 1. The molecule has 20 heavy (non-hydrogen) atoms. The second-order valence-corrected chi connectivity index (χ2v) is 5.74. The van der Waals surface area contributed by atoms with E-state index in [0.29, 0.717) is 17.6 Å². The van der Waals surface area contributed by atoms with Gasteiger partial charge in [0, 0.05) is 17.3 Å². The van der Waals surface area contributed by atoms with Gasteiger partial charge in [0.05, 0.1) is 6.54 Å². The molecule has 1 unspecified atom stereocenters. The molecule has 108 valence electrons. The highest BCUT2D eigenvalue weighted by Crippen LogP contribution is 2.16. The van der Waals surface area contributed by atoms with Crippen LogP contribution in [0.15, 0.2) is 24.3 Å². The monoisotopic (exact) mass is 291 g/mol. The van der Waals surface area contributed by atoms with Gasteiger partial charge in [-0.3, -0.25) is 9.69 Å². The third kappa shape index (κ3) is 4.02. The number of nitrogens with zero attached hydrogens (tertiary/aromatic N) is 1. The smallest absolute Gasteiger partial charge is 0.238 e. The Bertz CT molecular complexity index is 486. The summed E-state index contributed by atoms with van der Waals surface area (Å²) in [6.45, 7) is 3.65. The highest BCUT2D eigenvalue weighted by atomic mass is 32.1. The first kappa shape index (κ1) is 14.9. The van der Waals surface area contributed by atoms with Crippen LogP contribution >= 0.6 is 12.2 Å². The number of likely N-dealkylation sites (tertiary alicyclic amines) is 1. The van der Waals surface area contributed by atoms with Gasteiger partial charge in [0.15, 0.2) is 0 Å². The Labute approximate surface area is 125 Å². The van der Waals surface area contributed by atoms with Crippen LogP contribution in [0.3, 0.4) is 0 Å². The lowest BCUT2D eigenvalue weighted by atomic mass is 10.0. The van der Waals surface area contributed by atoms with Gasteiger partial charge in [-0.2, -0.15) is 0 Å². The number of benzene rings is 1. The van der Waals surface area contributed by atoms with Gasteiger partial charge in [-0.25, -0.2) is 0 Å². The van der Waals surface area contributed by atoms with Gasteiger partial charge in [-0.1, -0.05) is 18.6 Å². The Kier molecular flexibility index (Phi) is 5.09. The minimum Gasteiger partial charge on any atom is -0.389 e. The van der Waals surface area contributed by atoms with Crippen LogP contribution in [-0.4, -0.2) is 34.9 Å². The van der Waals surface area contributed by atoms with Gasteiger partial charge in [0.2, 0.25) is 5.91 Å². The normalized spacial score (nSPS) is 19.6. The van der Waals surface area contributed by atoms with E-state index in [1.165, 1.54) is 19.3 Å². The Hall–Kier alpha value is -1.46. The summed E-state index contributed by atoms with van der Waals surface area (Å²) in [5, 5.41) is 2.91. The average molecular weight is 291 g/mol. The molecule has 2 rings (SSSR count). The molecule has 1 amide bonds. The summed E-state index contributed by atoms with van der Waals surface area (Å²) in [7, 11) is 0. The van der Waals surface area contributed by atoms with E-state index in [4.69, 9.17) is 18.0 Å². The van der Waals surface area contributed by atoms with Crippen LogP contribution in [0.4, 0.5) is 5.69 Å². The van der Waals surface area contributed by atoms with Gasteiger partial charge in [0.1, 0.15) is 4.99 Å². The van der Waals surface area contributed by atoms with Crippen molar-refractivity contribution in [2.24, 2.45) is 5.73 Å². The van der Waals surface area contributed by atoms with Gasteiger partial charge >= 0.3 is 0 Å². The molecule has 1 aromatic rings. The Morgan fingerprint density at radius 3 is 2.70 bits per heavy atom. The van der Waals surface area contributed by atoms with Crippen LogP contribution in [0.5, 0.6) is 0 Å². The molecule has 1 aliphatic rings. The number of nitrogens with one attached hydrogen (secondary N) is 1. The number of hydrogen-bond acceptors (Lipinski definition) is 3. The summed E-state index contributed by atoms with van der Waals surface area (Å²) in [6.07, 6.45) is 3.62. The molecule has 0 saturated carbocycles. The van der Waals surface area contributed by atoms with Crippen LogP contribution < -0.4 is 11.1 Å². The minimum atomic E-state index is 0.0295. The van der Waals surface area contributed by atoms with Gasteiger partial charge in [-0.05, 0) is 50.6 Å². The molecule has 1 aliphatic heterocycles. The van der Waals surface area contributed by atoms with Crippen molar-refractivity contribution in [3.8, 4) is 0 Å². The van der Waals surface area contributed by atoms with E-state index in [2.05, 4.69) is 17.1 Å². The summed E-state index contributed by atoms with van der Waals surface area (Å²) in [5.41, 5.74) is 7.13. The molecular weight excluding hydrogens is 270 g/mol. The Balaban J connectivity index is 1.89. The number of rotatable bonds is 4. The topological polar surface area (TPSA) is 58.4 Å². The van der Waals surface area contributed by atoms with Gasteiger partial charge < -0.3 is 11.1 Å². The van der Waals surface area contributed by atoms with Crippen molar-refractivity contribution in [3.05, 3.63) is 29.8 Å². The van der Waals surface area contributed by atoms with E-state index in [9.17, 15) is 4.79 Å². The maximum Gasteiger partial charge on any atom is 0.238 e. The molecule has 1 fully saturated rings. The molecule has 5 heteroatoms. The summed E-state index contributed by atoms with van der Waals surface area (Å²) in [4.78, 5) is 14.6. The van der Waals surface area contributed by atoms with Crippen LogP contribution in [0, 0.1) is 0 Å². The van der Waals surface area contributed by atoms with Gasteiger partial charge in [-0.15, -0.1) is 0 Å². The zero-order chi connectivity index (χ0) is 14.5. The minimum absolute atomic E-state index is 0.0295. The van der Waals surface area contributed by atoms with E-state index >= 15 is 0 Å². The largest absolute Gasteiger partial charge is 0.389 e. The van der Waals surface area contributed by atoms with Crippen molar-refractivity contribution in [1.82, 2.24) is 4.90 Å². The number of anilines is 1. The lowest BCUT2D eigenvalue weighted by Gasteiger charge is -2.32. The Morgan fingerprint density at radius 1 is 1.40 bits per heavy atom. The standard InChI is InChI=1S/C15H21N3OS/c1-11-4-2-3-9-18(11)10-14(19)17-13-7-5-12(6-8-13)15(16)20/h5-8,11H,2-4,9-10H2,1H3,(H2,16,20)(H,17,19). The van der Waals surface area contributed by atoms with Crippen LogP contribution in [-0.2, 0) is 4.79 Å². The number of hydrogen-bond donors (Lipinski definition) is 2. The molecule has 1 atom stereocenters. The van der Waals surface area contributed by atoms with E-state index in [1.54, 1.807) is 0 Å². The molecule has 1 aromatic carbocycles. The maximum atomic E-state index is 12.0. The molecule has 1 saturated heterocycles. The van der Waals surface area contributed by atoms with Crippen molar-refractivity contribution in [1.29, 1.82) is 0 Å². The van der Waals surface area contributed by atoms with Crippen molar-refractivity contribution in [2.45, 2.75) is 32.2 Å². The van der Waals surface area contributed by atoms with Crippen LogP contribution in [0.25, 0.3) is 0 Å². The van der Waals surface area contributed by atoms with Crippen molar-refractivity contribution < 1.29 is 4.79 Å². The van der Waals surface area contributed by atoms with E-state index < -0.39 is 0 Å². The van der Waals surface area contributed by atoms with Crippen LogP contribution in [0.1, 0.15) is 31.7 Å². The number of carbonyl (C=O) groups excluding carboxylic acids is 1. The fourth-order valence-electron chi connectivity index (χ4n) is 2.50. The lowest BCUT2D eigenvalue weighted by molar-refractivity contribution is -0.118. The first-order valence-electron chi connectivity index (χ1n) is 7.00. The fourth-order valence-corrected chi connectivity index (χ4v) is 2.63. The molecule has 1 heterocycles. The number of piperidine rings is 1. The average Bonchev–Trinajstić information content (AvgIpc) is 2.42. The predicted molar refractivity (Wildman–Crippen MR) is 85.8 cm³/mol. The van der Waals surface area contributed by atoms with E-state index in [1.807, 2.05) is 24.3 Å². The highest BCUT2D eigenvalue weighted by molar-refractivity contribution is 7.80. The van der Waals surface area contributed by atoms with Crippen molar-refractivity contribution in [3.63, 3.8) is 0 Å². The second-order valence-electron chi connectivity index (χ2n) is 5.31. The first-order valence-corrected chi connectivity index (χ1v) is 7.41. The zero-order valence-electron chi connectivity index (χ0n) is 11.8. The summed E-state index contributed by atoms with van der Waals surface area (Å²) < 4.78 is 0. The SMILES string of the molecule is CC1CCCCN1CC(=O)Nc1ccc(C(N)=S)cc1. The van der Waals surface area contributed by atoms with Crippen molar-refractivity contribution >= 4 is 28.8 Å². The highest BCUT2D eigenvalue weighted by Gasteiger charge is 2.20. The molecule has 0 aliphatic carbocycles. The lowest BCUT2D eigenvalue weighted by Crippen LogP contribution is -2.42. The second kappa shape index (κ2) is 6.81. The van der Waals surface area contributed by atoms with Crippen molar-refractivity contribution in [2.75, 3.05) is 18.4 Å². The van der Waals surface area contributed by atoms with E-state index in [0.717, 1.165) is 17.8 Å². The third-order valence-corrected chi connectivity index (χ3v) is 3.98. The summed E-state index contributed by atoms with van der Waals surface area (Å²) >= 11 is 4.90. The van der Waals surface area contributed by atoms with Crippen LogP contribution in [0.2, 0.25) is 0 Å². The third-order valence-electron chi connectivity index (χ3n) is 3.74. The number of carbonyl (C=O) groups is 1. The quantitative estimate of drug-likeness (QED) is 0.834. The summed E-state index contributed by atoms with van der Waals surface area (Å²) in [6, 6.07) is 7.78. The number of thiocarbonyl (C=S) groups is 1. The number of amides is 1.